The number of aromatic nitrogens is 2. The van der Waals surface area contributed by atoms with Crippen LogP contribution in [-0.2, 0) is 6.54 Å². The summed E-state index contributed by atoms with van der Waals surface area (Å²) in [5.74, 6) is 0.762. The van der Waals surface area contributed by atoms with Gasteiger partial charge in [-0.05, 0) is 6.92 Å². The fourth-order valence-electron chi connectivity index (χ4n) is 1.14. The Bertz CT molecular complexity index is 351. The van der Waals surface area contributed by atoms with Gasteiger partial charge in [0.05, 0.1) is 13.2 Å². The molecule has 0 spiro atoms. The molecule has 0 radical (unpaired) electrons. The number of nitrogens with zero attached hydrogens (tertiary/aromatic N) is 3. The Hall–Kier alpha value is -1.74. The van der Waals surface area contributed by atoms with E-state index in [2.05, 4.69) is 10.4 Å². The Morgan fingerprint density at radius 3 is 2.93 bits per heavy atom. The van der Waals surface area contributed by atoms with Crippen LogP contribution in [0.25, 0.3) is 0 Å². The van der Waals surface area contributed by atoms with E-state index in [0.717, 1.165) is 0 Å². The number of rotatable bonds is 4. The smallest absolute Gasteiger partial charge is 0.168 e. The van der Waals surface area contributed by atoms with Gasteiger partial charge < -0.3 is 16.2 Å². The van der Waals surface area contributed by atoms with Gasteiger partial charge in [0.25, 0.3) is 0 Å². The summed E-state index contributed by atoms with van der Waals surface area (Å²) in [4.78, 5) is 0. The zero-order valence-corrected chi connectivity index (χ0v) is 7.99. The molecule has 76 valence electrons. The highest BCUT2D eigenvalue weighted by Crippen LogP contribution is 2.19. The van der Waals surface area contributed by atoms with Gasteiger partial charge in [0.15, 0.2) is 5.82 Å². The molecule has 0 atom stereocenters. The molecular formula is C8H13N5O. The van der Waals surface area contributed by atoms with E-state index in [1.54, 1.807) is 0 Å². The summed E-state index contributed by atoms with van der Waals surface area (Å²) < 4.78 is 1.41. The minimum absolute atomic E-state index is 0.0533. The van der Waals surface area contributed by atoms with Crippen LogP contribution in [0.5, 0.6) is 0 Å². The van der Waals surface area contributed by atoms with E-state index in [1.165, 1.54) is 4.68 Å². The molecule has 0 saturated carbocycles. The zero-order valence-electron chi connectivity index (χ0n) is 7.99. The molecular weight excluding hydrogens is 182 g/mol. The average molecular weight is 195 g/mol. The Labute approximate surface area is 81.9 Å². The number of nitrogens with one attached hydrogen (secondary N) is 1. The van der Waals surface area contributed by atoms with E-state index in [-0.39, 0.29) is 12.4 Å². The summed E-state index contributed by atoms with van der Waals surface area (Å²) in [5.41, 5.74) is 5.99. The summed E-state index contributed by atoms with van der Waals surface area (Å²) in [6.45, 7) is 2.82. The normalized spacial score (nSPS) is 9.79. The van der Waals surface area contributed by atoms with Gasteiger partial charge in [-0.3, -0.25) is 0 Å². The van der Waals surface area contributed by atoms with Gasteiger partial charge in [-0.15, -0.1) is 0 Å². The molecule has 14 heavy (non-hydrogen) atoms. The Balaban J connectivity index is 3.06. The first-order valence-electron chi connectivity index (χ1n) is 4.35. The number of nitrogen functional groups attached to an aromatic ring is 1. The average Bonchev–Trinajstić information content (AvgIpc) is 2.45. The van der Waals surface area contributed by atoms with Crippen molar-refractivity contribution in [3.8, 4) is 6.07 Å². The van der Waals surface area contributed by atoms with Crippen LogP contribution in [0.4, 0.5) is 11.6 Å². The second kappa shape index (κ2) is 4.48. The summed E-state index contributed by atoms with van der Waals surface area (Å²) in [5, 5.41) is 24.5. The van der Waals surface area contributed by atoms with E-state index in [9.17, 15) is 0 Å². The van der Waals surface area contributed by atoms with E-state index in [4.69, 9.17) is 16.1 Å². The number of hydrogen-bond donors (Lipinski definition) is 3. The van der Waals surface area contributed by atoms with Crippen molar-refractivity contribution in [1.82, 2.24) is 9.78 Å². The molecule has 1 aromatic rings. The Kier molecular flexibility index (Phi) is 3.31. The van der Waals surface area contributed by atoms with Crippen molar-refractivity contribution in [2.24, 2.45) is 0 Å². The summed E-state index contributed by atoms with van der Waals surface area (Å²) in [7, 11) is 0. The van der Waals surface area contributed by atoms with Gasteiger partial charge in [-0.1, -0.05) is 0 Å². The predicted molar refractivity (Wildman–Crippen MR) is 52.6 cm³/mol. The number of aliphatic hydroxyl groups excluding tert-OH is 1. The van der Waals surface area contributed by atoms with Crippen LogP contribution in [0.1, 0.15) is 12.5 Å². The lowest BCUT2D eigenvalue weighted by Crippen LogP contribution is -2.08. The van der Waals surface area contributed by atoms with Gasteiger partial charge >= 0.3 is 0 Å². The number of anilines is 2. The first-order chi connectivity index (χ1) is 6.74. The largest absolute Gasteiger partial charge is 0.394 e. The molecule has 1 rings (SSSR count). The maximum absolute atomic E-state index is 8.82. The van der Waals surface area contributed by atoms with Crippen molar-refractivity contribution in [1.29, 1.82) is 5.26 Å². The van der Waals surface area contributed by atoms with E-state index < -0.39 is 0 Å². The minimum atomic E-state index is -0.0533. The molecule has 0 aliphatic heterocycles. The molecule has 1 aromatic heterocycles. The number of nitrogens with two attached hydrogens (primary N) is 1. The van der Waals surface area contributed by atoms with Crippen LogP contribution >= 0.6 is 0 Å². The van der Waals surface area contributed by atoms with Gasteiger partial charge in [0.1, 0.15) is 17.5 Å². The topological polar surface area (TPSA) is 99.9 Å². The second-order valence-corrected chi connectivity index (χ2v) is 2.70. The molecule has 1 heterocycles. The van der Waals surface area contributed by atoms with Crippen LogP contribution in [0.2, 0.25) is 0 Å². The molecule has 0 fully saturated rings. The van der Waals surface area contributed by atoms with E-state index >= 15 is 0 Å². The molecule has 0 amide bonds. The van der Waals surface area contributed by atoms with Crippen molar-refractivity contribution >= 4 is 11.6 Å². The highest BCUT2D eigenvalue weighted by Gasteiger charge is 2.13. The third kappa shape index (κ3) is 1.78. The number of aliphatic hydroxyl groups is 1. The van der Waals surface area contributed by atoms with Gasteiger partial charge in [-0.2, -0.15) is 10.4 Å². The first-order valence-corrected chi connectivity index (χ1v) is 4.35. The fraction of sp³-hybridized carbons (Fsp3) is 0.500. The molecule has 6 heteroatoms. The standard InChI is InChI=1S/C8H13N5O/c1-2-11-8-6(5-9)7(10)13(12-8)3-4-14/h14H,2-4,10H2,1H3,(H,11,12). The van der Waals surface area contributed by atoms with Crippen molar-refractivity contribution in [2.75, 3.05) is 24.2 Å². The Morgan fingerprint density at radius 1 is 1.71 bits per heavy atom. The van der Waals surface area contributed by atoms with Crippen molar-refractivity contribution < 1.29 is 5.11 Å². The molecule has 0 aliphatic carbocycles. The molecule has 0 unspecified atom stereocenters. The monoisotopic (exact) mass is 195 g/mol. The van der Waals surface area contributed by atoms with Crippen molar-refractivity contribution in [3.05, 3.63) is 5.56 Å². The van der Waals surface area contributed by atoms with Crippen LogP contribution in [0.15, 0.2) is 0 Å². The van der Waals surface area contributed by atoms with Gasteiger partial charge in [-0.25, -0.2) is 4.68 Å². The molecule has 0 aromatic carbocycles. The van der Waals surface area contributed by atoms with Crippen molar-refractivity contribution in [2.45, 2.75) is 13.5 Å². The maximum Gasteiger partial charge on any atom is 0.168 e. The van der Waals surface area contributed by atoms with Crippen molar-refractivity contribution in [3.63, 3.8) is 0 Å². The lowest BCUT2D eigenvalue weighted by Gasteiger charge is -1.98. The maximum atomic E-state index is 8.82. The third-order valence-corrected chi connectivity index (χ3v) is 1.76. The predicted octanol–water partition coefficient (Wildman–Crippen LogP) is -0.239. The number of hydrogen-bond acceptors (Lipinski definition) is 5. The van der Waals surface area contributed by atoms with Gasteiger partial charge in [0, 0.05) is 6.54 Å². The molecule has 0 aliphatic rings. The first kappa shape index (κ1) is 10.3. The zero-order chi connectivity index (χ0) is 10.6. The summed E-state index contributed by atoms with van der Waals surface area (Å²) >= 11 is 0. The highest BCUT2D eigenvalue weighted by atomic mass is 16.3. The van der Waals surface area contributed by atoms with Gasteiger partial charge in [0.2, 0.25) is 0 Å². The number of nitriles is 1. The highest BCUT2D eigenvalue weighted by molar-refractivity contribution is 5.63. The molecule has 0 saturated heterocycles. The lowest BCUT2D eigenvalue weighted by atomic mass is 10.3. The fourth-order valence-corrected chi connectivity index (χ4v) is 1.14. The van der Waals surface area contributed by atoms with Crippen LogP contribution in [0, 0.1) is 11.3 Å². The van der Waals surface area contributed by atoms with Crippen LogP contribution in [0.3, 0.4) is 0 Å². The molecule has 4 N–H and O–H groups in total. The van der Waals surface area contributed by atoms with Crippen LogP contribution in [-0.4, -0.2) is 28.0 Å². The minimum Gasteiger partial charge on any atom is -0.394 e. The van der Waals surface area contributed by atoms with E-state index in [1.807, 2.05) is 13.0 Å². The van der Waals surface area contributed by atoms with E-state index in [0.29, 0.717) is 24.5 Å². The Morgan fingerprint density at radius 2 is 2.43 bits per heavy atom. The summed E-state index contributed by atoms with van der Waals surface area (Å²) in [6, 6.07) is 1.98. The molecule has 6 nitrogen and oxygen atoms in total. The SMILES string of the molecule is CCNc1nn(CCO)c(N)c1C#N. The summed E-state index contributed by atoms with van der Waals surface area (Å²) in [6.07, 6.45) is 0. The molecule has 0 bridgehead atoms. The lowest BCUT2D eigenvalue weighted by molar-refractivity contribution is 0.270. The third-order valence-electron chi connectivity index (χ3n) is 1.76. The quantitative estimate of drug-likeness (QED) is 0.615. The second-order valence-electron chi connectivity index (χ2n) is 2.70. The van der Waals surface area contributed by atoms with Crippen LogP contribution < -0.4 is 11.1 Å².